The molecule has 15 heavy (non-hydrogen) atoms. The van der Waals surface area contributed by atoms with E-state index in [9.17, 15) is 0 Å². The van der Waals surface area contributed by atoms with E-state index < -0.39 is 0 Å². The number of unbranched alkanes of at least 4 members (excludes halogenated alkanes) is 2. The first-order valence-corrected chi connectivity index (χ1v) is 8.20. The minimum Gasteiger partial charge on any atom is -0.203 e. The Hall–Kier alpha value is 0.260. The summed E-state index contributed by atoms with van der Waals surface area (Å²) in [5.41, 5.74) is 0. The monoisotopic (exact) mass is 262 g/mol. The van der Waals surface area contributed by atoms with Crippen molar-refractivity contribution in [3.05, 3.63) is 0 Å². The van der Waals surface area contributed by atoms with Crippen LogP contribution < -0.4 is 0 Å². The second kappa shape index (κ2) is 8.42. The highest BCUT2D eigenvalue weighted by molar-refractivity contribution is 8.01. The zero-order valence-electron chi connectivity index (χ0n) is 9.36. The van der Waals surface area contributed by atoms with Crippen molar-refractivity contribution >= 4 is 35.1 Å². The Labute approximate surface area is 105 Å². The molecule has 1 rings (SSSR count). The Balaban J connectivity index is 2.23. The lowest BCUT2D eigenvalue weighted by molar-refractivity contribution is 0.889. The summed E-state index contributed by atoms with van der Waals surface area (Å²) in [6.07, 6.45) is 5.02. The first-order valence-electron chi connectivity index (χ1n) is 5.46. The van der Waals surface area contributed by atoms with Crippen molar-refractivity contribution in [1.82, 2.24) is 9.36 Å². The number of aromatic nitrogens is 2. The first-order chi connectivity index (χ1) is 7.36. The molecule has 0 aromatic carbocycles. The summed E-state index contributed by atoms with van der Waals surface area (Å²) in [6, 6.07) is 0. The van der Waals surface area contributed by atoms with E-state index >= 15 is 0 Å². The second-order valence-corrected chi connectivity index (χ2v) is 6.40. The van der Waals surface area contributed by atoms with Gasteiger partial charge >= 0.3 is 0 Å². The normalized spacial score (nSPS) is 10.8. The molecule has 1 heterocycles. The lowest BCUT2D eigenvalue weighted by Crippen LogP contribution is -1.81. The van der Waals surface area contributed by atoms with Crippen LogP contribution in [-0.2, 0) is 0 Å². The van der Waals surface area contributed by atoms with Crippen molar-refractivity contribution in [1.29, 1.82) is 0 Å². The number of rotatable bonds is 8. The van der Waals surface area contributed by atoms with Crippen LogP contribution in [0.2, 0.25) is 0 Å². The molecule has 86 valence electrons. The standard InChI is InChI=1S/C10H18N2S3/c1-3-5-7-13-9-11-10(15-12-9)14-8-6-4-2/h3-8H2,1-2H3. The summed E-state index contributed by atoms with van der Waals surface area (Å²) in [4.78, 5) is 4.49. The summed E-state index contributed by atoms with van der Waals surface area (Å²) in [5, 5.41) is 0.965. The molecule has 0 N–H and O–H groups in total. The van der Waals surface area contributed by atoms with Gasteiger partial charge in [0.15, 0.2) is 4.34 Å². The van der Waals surface area contributed by atoms with Crippen LogP contribution in [0.5, 0.6) is 0 Å². The number of nitrogens with zero attached hydrogens (tertiary/aromatic N) is 2. The molecule has 0 saturated heterocycles. The quantitative estimate of drug-likeness (QED) is 0.514. The molecule has 0 aliphatic carbocycles. The molecule has 1 aromatic rings. The van der Waals surface area contributed by atoms with Gasteiger partial charge in [-0.1, -0.05) is 50.2 Å². The summed E-state index contributed by atoms with van der Waals surface area (Å²) in [6.45, 7) is 4.42. The van der Waals surface area contributed by atoms with Crippen molar-refractivity contribution in [2.75, 3.05) is 11.5 Å². The summed E-state index contributed by atoms with van der Waals surface area (Å²) in [5.74, 6) is 2.32. The lowest BCUT2D eigenvalue weighted by Gasteiger charge is -1.93. The molecule has 0 aliphatic heterocycles. The van der Waals surface area contributed by atoms with Crippen LogP contribution in [0.1, 0.15) is 39.5 Å². The largest absolute Gasteiger partial charge is 0.203 e. The third kappa shape index (κ3) is 5.78. The van der Waals surface area contributed by atoms with Crippen LogP contribution in [0.25, 0.3) is 0 Å². The van der Waals surface area contributed by atoms with Crippen LogP contribution in [0.3, 0.4) is 0 Å². The van der Waals surface area contributed by atoms with E-state index in [1.54, 1.807) is 11.8 Å². The fourth-order valence-electron chi connectivity index (χ4n) is 0.926. The van der Waals surface area contributed by atoms with Crippen LogP contribution in [0.4, 0.5) is 0 Å². The smallest absolute Gasteiger partial charge is 0.201 e. The van der Waals surface area contributed by atoms with Crippen LogP contribution >= 0.6 is 35.1 Å². The van der Waals surface area contributed by atoms with E-state index in [2.05, 4.69) is 23.2 Å². The predicted octanol–water partition coefficient (Wildman–Crippen LogP) is 4.32. The molecule has 0 unspecified atom stereocenters. The number of hydrogen-bond acceptors (Lipinski definition) is 5. The Morgan fingerprint density at radius 3 is 2.40 bits per heavy atom. The van der Waals surface area contributed by atoms with E-state index in [0.717, 1.165) is 15.2 Å². The first kappa shape index (κ1) is 13.3. The van der Waals surface area contributed by atoms with E-state index in [1.165, 1.54) is 43.0 Å². The minimum atomic E-state index is 0.965. The lowest BCUT2D eigenvalue weighted by atomic mass is 10.4. The fraction of sp³-hybridized carbons (Fsp3) is 0.800. The van der Waals surface area contributed by atoms with E-state index in [4.69, 9.17) is 0 Å². The average Bonchev–Trinajstić information content (AvgIpc) is 2.67. The third-order valence-electron chi connectivity index (χ3n) is 1.84. The fourth-order valence-corrected chi connectivity index (χ4v) is 3.79. The van der Waals surface area contributed by atoms with Crippen molar-refractivity contribution < 1.29 is 0 Å². The average molecular weight is 262 g/mol. The highest BCUT2D eigenvalue weighted by atomic mass is 32.2. The van der Waals surface area contributed by atoms with Gasteiger partial charge in [0.2, 0.25) is 5.16 Å². The van der Waals surface area contributed by atoms with Gasteiger partial charge in [-0.3, -0.25) is 0 Å². The maximum Gasteiger partial charge on any atom is 0.201 e. The topological polar surface area (TPSA) is 25.8 Å². The van der Waals surface area contributed by atoms with Gasteiger partial charge in [0.1, 0.15) is 0 Å². The van der Waals surface area contributed by atoms with E-state index in [-0.39, 0.29) is 0 Å². The second-order valence-electron chi connectivity index (χ2n) is 3.25. The van der Waals surface area contributed by atoms with Crippen molar-refractivity contribution in [2.45, 2.75) is 49.0 Å². The van der Waals surface area contributed by atoms with Gasteiger partial charge < -0.3 is 0 Å². The Morgan fingerprint density at radius 2 is 1.73 bits per heavy atom. The maximum atomic E-state index is 4.49. The van der Waals surface area contributed by atoms with E-state index in [0.29, 0.717) is 0 Å². The molecule has 2 nitrogen and oxygen atoms in total. The van der Waals surface area contributed by atoms with Crippen molar-refractivity contribution in [3.8, 4) is 0 Å². The van der Waals surface area contributed by atoms with Crippen LogP contribution in [-0.4, -0.2) is 20.9 Å². The Bertz CT molecular complexity index is 238. The zero-order valence-corrected chi connectivity index (χ0v) is 11.8. The van der Waals surface area contributed by atoms with Gasteiger partial charge in [0, 0.05) is 11.5 Å². The minimum absolute atomic E-state index is 0.965. The molecule has 0 aliphatic rings. The number of hydrogen-bond donors (Lipinski definition) is 0. The van der Waals surface area contributed by atoms with E-state index in [1.807, 2.05) is 11.8 Å². The molecular weight excluding hydrogens is 244 g/mol. The number of thioether (sulfide) groups is 2. The summed E-state index contributed by atoms with van der Waals surface area (Å²) < 4.78 is 5.47. The molecule has 0 atom stereocenters. The summed E-state index contributed by atoms with van der Waals surface area (Å²) in [7, 11) is 0. The molecule has 5 heteroatoms. The molecule has 1 aromatic heterocycles. The molecule has 0 radical (unpaired) electrons. The van der Waals surface area contributed by atoms with Gasteiger partial charge in [0.25, 0.3) is 0 Å². The van der Waals surface area contributed by atoms with Gasteiger partial charge in [-0.25, -0.2) is 4.98 Å². The molecule has 0 bridgehead atoms. The van der Waals surface area contributed by atoms with Crippen LogP contribution in [0.15, 0.2) is 9.50 Å². The Kier molecular flexibility index (Phi) is 7.48. The highest BCUT2D eigenvalue weighted by Gasteiger charge is 2.04. The summed E-state index contributed by atoms with van der Waals surface area (Å²) >= 11 is 5.16. The molecule has 0 saturated carbocycles. The predicted molar refractivity (Wildman–Crippen MR) is 71.2 cm³/mol. The van der Waals surface area contributed by atoms with Gasteiger partial charge in [-0.2, -0.15) is 4.37 Å². The molecule has 0 spiro atoms. The van der Waals surface area contributed by atoms with Gasteiger partial charge in [-0.05, 0) is 24.4 Å². The van der Waals surface area contributed by atoms with Crippen molar-refractivity contribution in [3.63, 3.8) is 0 Å². The molecule has 0 fully saturated rings. The van der Waals surface area contributed by atoms with Gasteiger partial charge in [-0.15, -0.1) is 0 Å². The zero-order chi connectivity index (χ0) is 10.9. The maximum absolute atomic E-state index is 4.49. The van der Waals surface area contributed by atoms with Crippen molar-refractivity contribution in [2.24, 2.45) is 0 Å². The van der Waals surface area contributed by atoms with Crippen LogP contribution in [0, 0.1) is 0 Å². The molecular formula is C10H18N2S3. The third-order valence-corrected chi connectivity index (χ3v) is 4.81. The Morgan fingerprint density at radius 1 is 1.07 bits per heavy atom. The highest BCUT2D eigenvalue weighted by Crippen LogP contribution is 2.25. The van der Waals surface area contributed by atoms with Gasteiger partial charge in [0.05, 0.1) is 0 Å². The SMILES string of the molecule is CCCCSc1nsc(SCCCC)n1. The molecule has 0 amide bonds.